The number of thioether (sulfide) groups is 1. The Morgan fingerprint density at radius 1 is 1.00 bits per heavy atom. The zero-order valence-electron chi connectivity index (χ0n) is 18.7. The quantitative estimate of drug-likeness (QED) is 0.524. The van der Waals surface area contributed by atoms with Crippen molar-refractivity contribution in [3.63, 3.8) is 0 Å². The van der Waals surface area contributed by atoms with E-state index in [0.29, 0.717) is 22.9 Å². The smallest absolute Gasteiger partial charge is 0.323 e. The van der Waals surface area contributed by atoms with E-state index in [0.717, 1.165) is 36.5 Å². The van der Waals surface area contributed by atoms with Crippen LogP contribution < -0.4 is 20.9 Å². The molecule has 2 aromatic rings. The van der Waals surface area contributed by atoms with Crippen molar-refractivity contribution in [3.05, 3.63) is 48.0 Å². The summed E-state index contributed by atoms with van der Waals surface area (Å²) >= 11 is 1.65. The van der Waals surface area contributed by atoms with Gasteiger partial charge in [0, 0.05) is 41.1 Å². The molecule has 0 spiro atoms. The summed E-state index contributed by atoms with van der Waals surface area (Å²) in [5.74, 6) is 0.583. The average Bonchev–Trinajstić information content (AvgIpc) is 2.74. The van der Waals surface area contributed by atoms with Crippen molar-refractivity contribution in [1.82, 2.24) is 5.32 Å². The number of carbonyl (C=O) groups excluding carboxylic acids is 2. The lowest BCUT2D eigenvalue weighted by Crippen LogP contribution is -2.36. The molecule has 1 fully saturated rings. The molecule has 1 aliphatic heterocycles. The van der Waals surface area contributed by atoms with Gasteiger partial charge in [0.1, 0.15) is 0 Å². The van der Waals surface area contributed by atoms with Crippen LogP contribution >= 0.6 is 11.8 Å². The normalized spacial score (nSPS) is 14.4. The first-order chi connectivity index (χ1) is 14.9. The van der Waals surface area contributed by atoms with E-state index in [1.807, 2.05) is 56.5 Å². The van der Waals surface area contributed by atoms with E-state index in [9.17, 15) is 9.59 Å². The van der Waals surface area contributed by atoms with Crippen LogP contribution in [0, 0.1) is 5.92 Å². The third kappa shape index (κ3) is 6.40. The van der Waals surface area contributed by atoms with Gasteiger partial charge in [-0.25, -0.2) is 4.79 Å². The van der Waals surface area contributed by atoms with Gasteiger partial charge in [-0.15, -0.1) is 11.8 Å². The fourth-order valence-electron chi connectivity index (χ4n) is 3.63. The number of carbonyl (C=O) groups is 2. The second-order valence-corrected chi connectivity index (χ2v) is 9.22. The number of piperidine rings is 1. The molecule has 1 heterocycles. The van der Waals surface area contributed by atoms with Gasteiger partial charge in [-0.05, 0) is 81.3 Å². The molecule has 0 unspecified atom stereocenters. The van der Waals surface area contributed by atoms with E-state index < -0.39 is 0 Å². The van der Waals surface area contributed by atoms with Gasteiger partial charge in [0.15, 0.2) is 0 Å². The maximum Gasteiger partial charge on any atom is 0.323 e. The number of benzene rings is 2. The third-order valence-corrected chi connectivity index (χ3v) is 6.13. The maximum absolute atomic E-state index is 12.9. The summed E-state index contributed by atoms with van der Waals surface area (Å²) in [6.07, 6.45) is 4.24. The number of nitrogens with one attached hydrogen (secondary N) is 3. The van der Waals surface area contributed by atoms with E-state index in [-0.39, 0.29) is 18.0 Å². The van der Waals surface area contributed by atoms with Gasteiger partial charge in [-0.2, -0.15) is 0 Å². The average molecular weight is 441 g/mol. The lowest BCUT2D eigenvalue weighted by molar-refractivity contribution is 0.0943. The molecular weight excluding hydrogens is 408 g/mol. The van der Waals surface area contributed by atoms with E-state index in [4.69, 9.17) is 0 Å². The molecule has 0 atom stereocenters. The van der Waals surface area contributed by atoms with Gasteiger partial charge in [0.25, 0.3) is 5.91 Å². The van der Waals surface area contributed by atoms with Gasteiger partial charge in [-0.3, -0.25) is 4.79 Å². The van der Waals surface area contributed by atoms with Crippen LogP contribution in [0.15, 0.2) is 47.4 Å². The monoisotopic (exact) mass is 440 g/mol. The molecule has 1 aliphatic rings. The fourth-order valence-corrected chi connectivity index (χ4v) is 4.04. The summed E-state index contributed by atoms with van der Waals surface area (Å²) in [5, 5.41) is 8.67. The van der Waals surface area contributed by atoms with Crippen molar-refractivity contribution < 1.29 is 9.59 Å². The number of hydrogen-bond acceptors (Lipinski definition) is 4. The van der Waals surface area contributed by atoms with Crippen LogP contribution in [-0.4, -0.2) is 37.3 Å². The minimum atomic E-state index is -0.341. The molecule has 0 aliphatic carbocycles. The number of amides is 3. The number of anilines is 3. The molecule has 3 N–H and O–H groups in total. The van der Waals surface area contributed by atoms with Crippen molar-refractivity contribution in [2.45, 2.75) is 44.6 Å². The zero-order chi connectivity index (χ0) is 22.4. The number of hydrogen-bond donors (Lipinski definition) is 3. The molecule has 2 aromatic carbocycles. The lowest BCUT2D eigenvalue weighted by Gasteiger charge is -2.33. The lowest BCUT2D eigenvalue weighted by atomic mass is 9.97. The molecule has 7 heteroatoms. The van der Waals surface area contributed by atoms with Crippen molar-refractivity contribution >= 4 is 40.8 Å². The van der Waals surface area contributed by atoms with E-state index in [1.54, 1.807) is 17.8 Å². The number of rotatable bonds is 6. The van der Waals surface area contributed by atoms with Crippen molar-refractivity contribution in [1.29, 1.82) is 0 Å². The predicted molar refractivity (Wildman–Crippen MR) is 131 cm³/mol. The maximum atomic E-state index is 12.9. The summed E-state index contributed by atoms with van der Waals surface area (Å²) in [6.45, 7) is 8.02. The summed E-state index contributed by atoms with van der Waals surface area (Å²) in [5.41, 5.74) is 2.81. The molecule has 3 rings (SSSR count). The number of urea groups is 1. The van der Waals surface area contributed by atoms with Crippen molar-refractivity contribution in [2.75, 3.05) is 34.9 Å². The molecule has 166 valence electrons. The van der Waals surface area contributed by atoms with Gasteiger partial charge < -0.3 is 20.9 Å². The zero-order valence-corrected chi connectivity index (χ0v) is 19.5. The van der Waals surface area contributed by atoms with Crippen molar-refractivity contribution in [3.8, 4) is 0 Å². The van der Waals surface area contributed by atoms with Crippen LogP contribution in [0.5, 0.6) is 0 Å². The van der Waals surface area contributed by atoms with Gasteiger partial charge >= 0.3 is 6.03 Å². The first-order valence-corrected chi connectivity index (χ1v) is 12.0. The van der Waals surface area contributed by atoms with Crippen LogP contribution in [-0.2, 0) is 0 Å². The number of nitrogens with zero attached hydrogens (tertiary/aromatic N) is 1. The van der Waals surface area contributed by atoms with Crippen LogP contribution in [0.25, 0.3) is 0 Å². The summed E-state index contributed by atoms with van der Waals surface area (Å²) in [6, 6.07) is 12.9. The van der Waals surface area contributed by atoms with Crippen LogP contribution in [0.2, 0.25) is 0 Å². The van der Waals surface area contributed by atoms with Crippen LogP contribution in [0.4, 0.5) is 21.9 Å². The fraction of sp³-hybridized carbons (Fsp3) is 0.417. The first kappa shape index (κ1) is 23.0. The Morgan fingerprint density at radius 3 is 2.23 bits per heavy atom. The third-order valence-electron chi connectivity index (χ3n) is 5.39. The molecule has 1 saturated heterocycles. The van der Waals surface area contributed by atoms with Crippen LogP contribution in [0.1, 0.15) is 44.0 Å². The van der Waals surface area contributed by atoms with E-state index >= 15 is 0 Å². The Labute approximate surface area is 189 Å². The second kappa shape index (κ2) is 10.6. The van der Waals surface area contributed by atoms with E-state index in [1.165, 1.54) is 0 Å². The summed E-state index contributed by atoms with van der Waals surface area (Å²) in [4.78, 5) is 28.8. The van der Waals surface area contributed by atoms with Gasteiger partial charge in [-0.1, -0.05) is 6.92 Å². The standard InChI is InChI=1S/C24H32N4O2S/c1-16(2)25-23(29)21-15-19(7-10-22(21)28-13-11-17(3)12-14-28)27-24(30)26-18-5-8-20(31-4)9-6-18/h5-10,15-17H,11-14H2,1-4H3,(H,25,29)(H2,26,27,30). The summed E-state index contributed by atoms with van der Waals surface area (Å²) in [7, 11) is 0. The largest absolute Gasteiger partial charge is 0.371 e. The Balaban J connectivity index is 1.76. The van der Waals surface area contributed by atoms with Crippen LogP contribution in [0.3, 0.4) is 0 Å². The topological polar surface area (TPSA) is 73.5 Å². The minimum Gasteiger partial charge on any atom is -0.371 e. The molecular formula is C24H32N4O2S. The highest BCUT2D eigenvalue weighted by Gasteiger charge is 2.22. The minimum absolute atomic E-state index is 0.0332. The predicted octanol–water partition coefficient (Wildman–Crippen LogP) is 5.43. The first-order valence-electron chi connectivity index (χ1n) is 10.8. The van der Waals surface area contributed by atoms with Gasteiger partial charge in [0.05, 0.1) is 5.56 Å². The molecule has 0 saturated carbocycles. The molecule has 6 nitrogen and oxygen atoms in total. The Hall–Kier alpha value is -2.67. The molecule has 0 radical (unpaired) electrons. The highest BCUT2D eigenvalue weighted by molar-refractivity contribution is 7.98. The van der Waals surface area contributed by atoms with Gasteiger partial charge in [0.2, 0.25) is 0 Å². The molecule has 3 amide bonds. The summed E-state index contributed by atoms with van der Waals surface area (Å²) < 4.78 is 0. The Bertz CT molecular complexity index is 906. The van der Waals surface area contributed by atoms with Crippen molar-refractivity contribution in [2.24, 2.45) is 5.92 Å². The molecule has 0 bridgehead atoms. The second-order valence-electron chi connectivity index (χ2n) is 8.34. The highest BCUT2D eigenvalue weighted by atomic mass is 32.2. The Kier molecular flexibility index (Phi) is 7.85. The highest BCUT2D eigenvalue weighted by Crippen LogP contribution is 2.29. The SMILES string of the molecule is CSc1ccc(NC(=O)Nc2ccc(N3CCC(C)CC3)c(C(=O)NC(C)C)c2)cc1. The molecule has 0 aromatic heterocycles. The Morgan fingerprint density at radius 2 is 1.61 bits per heavy atom. The van der Waals surface area contributed by atoms with E-state index in [2.05, 4.69) is 27.8 Å². The molecule has 31 heavy (non-hydrogen) atoms.